The Balaban J connectivity index is 1.95. The normalized spacial score (nSPS) is 12.0. The van der Waals surface area contributed by atoms with Crippen molar-refractivity contribution < 1.29 is 19.7 Å². The zero-order valence-corrected chi connectivity index (χ0v) is 14.8. The Labute approximate surface area is 158 Å². The van der Waals surface area contributed by atoms with Crippen LogP contribution in [0.15, 0.2) is 48.9 Å². The number of hydrogen-bond acceptors (Lipinski definition) is 7. The van der Waals surface area contributed by atoms with Gasteiger partial charge in [0.1, 0.15) is 11.5 Å². The van der Waals surface area contributed by atoms with E-state index >= 15 is 0 Å². The van der Waals surface area contributed by atoms with Crippen molar-refractivity contribution in [3.63, 3.8) is 0 Å². The maximum Gasteiger partial charge on any atom is 0.389 e. The second-order valence-electron chi connectivity index (χ2n) is 6.22. The summed E-state index contributed by atoms with van der Waals surface area (Å²) in [7, 11) is 1.80. The van der Waals surface area contributed by atoms with Crippen molar-refractivity contribution in [2.24, 2.45) is 0 Å². The number of rotatable bonds is 5. The molecular formula is C18H17FN6O3. The molecule has 0 fully saturated rings. The summed E-state index contributed by atoms with van der Waals surface area (Å²) in [6.07, 6.45) is 1.43. The number of hydrogen-bond donors (Lipinski definition) is 4. The van der Waals surface area contributed by atoms with Crippen LogP contribution in [-0.2, 0) is 12.6 Å². The van der Waals surface area contributed by atoms with E-state index in [1.165, 1.54) is 30.5 Å². The Hall–Kier alpha value is -3.18. The Bertz CT molecular complexity index is 1130. The molecule has 0 unspecified atom stereocenters. The molecule has 0 amide bonds. The first-order valence-electron chi connectivity index (χ1n) is 8.38. The molecule has 1 aromatic carbocycles. The molecule has 0 bridgehead atoms. The van der Waals surface area contributed by atoms with Gasteiger partial charge in [0, 0.05) is 35.6 Å². The van der Waals surface area contributed by atoms with Crippen LogP contribution < -0.4 is 5.32 Å². The predicted molar refractivity (Wildman–Crippen MR) is 97.0 cm³/mol. The van der Waals surface area contributed by atoms with E-state index in [1.54, 1.807) is 30.0 Å². The van der Waals surface area contributed by atoms with Crippen molar-refractivity contribution in [3.8, 4) is 22.4 Å². The fourth-order valence-corrected chi connectivity index (χ4v) is 2.97. The van der Waals surface area contributed by atoms with Gasteiger partial charge in [0.05, 0.1) is 11.9 Å². The van der Waals surface area contributed by atoms with Gasteiger partial charge in [0.2, 0.25) is 0 Å². The third kappa shape index (κ3) is 3.25. The van der Waals surface area contributed by atoms with Crippen molar-refractivity contribution in [2.45, 2.75) is 12.6 Å². The average Bonchev–Trinajstić information content (AvgIpc) is 3.26. The minimum absolute atomic E-state index is 0.313. The highest BCUT2D eigenvalue weighted by Gasteiger charge is 2.27. The van der Waals surface area contributed by atoms with Gasteiger partial charge in [-0.1, -0.05) is 0 Å². The second kappa shape index (κ2) is 6.77. The standard InChI is InChI=1S/C18H17FN6O3/c1-20-8-13-9-24-17(22-13)14(6-7-21-24)15-10-25(18(26,27)28)23-16(15)11-2-4-12(19)5-3-11/h2-7,9-10,20,26-28H,8H2,1H3. The molecule has 0 aliphatic carbocycles. The molecule has 0 radical (unpaired) electrons. The van der Waals surface area contributed by atoms with Crippen molar-refractivity contribution >= 4 is 5.65 Å². The highest BCUT2D eigenvalue weighted by molar-refractivity contribution is 5.87. The van der Waals surface area contributed by atoms with Crippen molar-refractivity contribution in [3.05, 3.63) is 60.4 Å². The number of fused-ring (bicyclic) bond motifs is 1. The molecule has 4 N–H and O–H groups in total. The van der Waals surface area contributed by atoms with Crippen LogP contribution in [0.25, 0.3) is 28.0 Å². The molecule has 3 aromatic heterocycles. The minimum Gasteiger partial charge on any atom is -0.324 e. The Morgan fingerprint density at radius 1 is 1.07 bits per heavy atom. The summed E-state index contributed by atoms with van der Waals surface area (Å²) in [5, 5.41) is 40.0. The van der Waals surface area contributed by atoms with Gasteiger partial charge in [0.15, 0.2) is 5.65 Å². The Morgan fingerprint density at radius 3 is 2.50 bits per heavy atom. The molecule has 4 aromatic rings. The summed E-state index contributed by atoms with van der Waals surface area (Å²) < 4.78 is 15.5. The number of nitrogens with one attached hydrogen (secondary N) is 1. The van der Waals surface area contributed by atoms with E-state index in [-0.39, 0.29) is 0 Å². The number of halogens is 1. The number of aromatic nitrogens is 5. The van der Waals surface area contributed by atoms with E-state index in [0.29, 0.717) is 39.3 Å². The molecule has 9 nitrogen and oxygen atoms in total. The lowest BCUT2D eigenvalue weighted by Gasteiger charge is -2.12. The molecule has 0 saturated heterocycles. The lowest BCUT2D eigenvalue weighted by atomic mass is 10.0. The van der Waals surface area contributed by atoms with Gasteiger partial charge < -0.3 is 20.6 Å². The van der Waals surface area contributed by atoms with E-state index in [0.717, 1.165) is 5.69 Å². The maximum atomic E-state index is 13.3. The molecule has 3 heterocycles. The van der Waals surface area contributed by atoms with Crippen LogP contribution in [0.4, 0.5) is 4.39 Å². The van der Waals surface area contributed by atoms with Crippen LogP contribution in [0.3, 0.4) is 0 Å². The van der Waals surface area contributed by atoms with E-state index in [1.807, 2.05) is 0 Å². The van der Waals surface area contributed by atoms with Crippen LogP contribution in [0.2, 0.25) is 0 Å². The fourth-order valence-electron chi connectivity index (χ4n) is 2.97. The highest BCUT2D eigenvalue weighted by atomic mass is 19.1. The quantitative estimate of drug-likeness (QED) is 0.373. The lowest BCUT2D eigenvalue weighted by Crippen LogP contribution is -2.32. The van der Waals surface area contributed by atoms with Gasteiger partial charge in [-0.15, -0.1) is 0 Å². The Morgan fingerprint density at radius 2 is 1.82 bits per heavy atom. The van der Waals surface area contributed by atoms with Crippen LogP contribution in [0.5, 0.6) is 0 Å². The van der Waals surface area contributed by atoms with E-state index in [9.17, 15) is 19.7 Å². The first-order valence-corrected chi connectivity index (χ1v) is 8.38. The topological polar surface area (TPSA) is 121 Å². The molecule has 10 heteroatoms. The molecule has 0 aliphatic heterocycles. The first-order chi connectivity index (χ1) is 13.4. The molecule has 0 saturated carbocycles. The number of imidazole rings is 1. The van der Waals surface area contributed by atoms with Crippen molar-refractivity contribution in [2.75, 3.05) is 7.05 Å². The van der Waals surface area contributed by atoms with Gasteiger partial charge in [-0.2, -0.15) is 14.9 Å². The molecule has 0 atom stereocenters. The van der Waals surface area contributed by atoms with Gasteiger partial charge in [-0.25, -0.2) is 13.9 Å². The summed E-state index contributed by atoms with van der Waals surface area (Å²) in [5.41, 5.74) is 3.19. The molecule has 4 rings (SSSR count). The molecule has 28 heavy (non-hydrogen) atoms. The van der Waals surface area contributed by atoms with Crippen molar-refractivity contribution in [1.29, 1.82) is 0 Å². The minimum atomic E-state index is -3.19. The third-order valence-corrected chi connectivity index (χ3v) is 4.20. The SMILES string of the molecule is CNCc1cn2nccc(-c3cn(C(O)(O)O)nc3-c3ccc(F)cc3)c2n1. The van der Waals surface area contributed by atoms with Crippen LogP contribution >= 0.6 is 0 Å². The number of benzene rings is 1. The fraction of sp³-hybridized carbons (Fsp3) is 0.167. The molecule has 0 spiro atoms. The maximum absolute atomic E-state index is 13.3. The summed E-state index contributed by atoms with van der Waals surface area (Å²) in [6, 6.07) is 7.26. The first kappa shape index (κ1) is 18.2. The van der Waals surface area contributed by atoms with Crippen LogP contribution in [-0.4, -0.2) is 46.7 Å². The zero-order valence-electron chi connectivity index (χ0n) is 14.8. The summed E-state index contributed by atoms with van der Waals surface area (Å²) in [5.74, 6) is -0.415. The van der Waals surface area contributed by atoms with Gasteiger partial charge in [0.25, 0.3) is 0 Å². The number of aliphatic hydroxyl groups is 3. The summed E-state index contributed by atoms with van der Waals surface area (Å²) in [4.78, 5) is 4.55. The average molecular weight is 384 g/mol. The Kier molecular flexibility index (Phi) is 4.40. The smallest absolute Gasteiger partial charge is 0.324 e. The third-order valence-electron chi connectivity index (χ3n) is 4.20. The van der Waals surface area contributed by atoms with Crippen LogP contribution in [0.1, 0.15) is 5.69 Å². The van der Waals surface area contributed by atoms with Gasteiger partial charge in [-0.3, -0.25) is 0 Å². The second-order valence-corrected chi connectivity index (χ2v) is 6.22. The molecule has 0 aliphatic rings. The lowest BCUT2D eigenvalue weighted by molar-refractivity contribution is -0.380. The van der Waals surface area contributed by atoms with E-state index < -0.39 is 11.9 Å². The predicted octanol–water partition coefficient (Wildman–Crippen LogP) is 0.663. The largest absolute Gasteiger partial charge is 0.389 e. The number of nitrogens with zero attached hydrogens (tertiary/aromatic N) is 5. The van der Waals surface area contributed by atoms with Crippen molar-refractivity contribution in [1.82, 2.24) is 29.7 Å². The van der Waals surface area contributed by atoms with Crippen LogP contribution in [0, 0.1) is 5.82 Å². The monoisotopic (exact) mass is 384 g/mol. The molecule has 144 valence electrons. The summed E-state index contributed by atoms with van der Waals surface area (Å²) in [6.45, 7) is 0.542. The van der Waals surface area contributed by atoms with Gasteiger partial charge in [-0.05, 0) is 37.4 Å². The highest BCUT2D eigenvalue weighted by Crippen LogP contribution is 2.34. The zero-order chi connectivity index (χ0) is 19.9. The van der Waals surface area contributed by atoms with E-state index in [4.69, 9.17) is 0 Å². The van der Waals surface area contributed by atoms with Gasteiger partial charge >= 0.3 is 6.10 Å². The summed E-state index contributed by atoms with van der Waals surface area (Å²) >= 11 is 0. The van der Waals surface area contributed by atoms with E-state index in [2.05, 4.69) is 20.5 Å². The molecular weight excluding hydrogens is 367 g/mol.